The molecular formula is C25H23FN6O3S2. The van der Waals surface area contributed by atoms with Crippen LogP contribution in [0.1, 0.15) is 5.56 Å². The average Bonchev–Trinajstić information content (AvgIpc) is 3.43. The zero-order valence-corrected chi connectivity index (χ0v) is 21.6. The number of fused-ring (bicyclic) bond motifs is 3. The number of halogens is 1. The summed E-state index contributed by atoms with van der Waals surface area (Å²) in [6.45, 7) is 0.486. The number of rotatable bonds is 8. The second-order valence-electron chi connectivity index (χ2n) is 8.47. The summed E-state index contributed by atoms with van der Waals surface area (Å²) in [5.41, 5.74) is 3.25. The molecule has 1 N–H and O–H groups in total. The van der Waals surface area contributed by atoms with Gasteiger partial charge in [-0.3, -0.25) is 9.20 Å². The Morgan fingerprint density at radius 2 is 1.65 bits per heavy atom. The first-order valence-electron chi connectivity index (χ1n) is 11.3. The molecule has 0 saturated heterocycles. The van der Waals surface area contributed by atoms with Crippen LogP contribution in [0.2, 0.25) is 0 Å². The van der Waals surface area contributed by atoms with Crippen molar-refractivity contribution in [2.45, 2.75) is 16.6 Å². The van der Waals surface area contributed by atoms with Gasteiger partial charge in [0, 0.05) is 19.8 Å². The summed E-state index contributed by atoms with van der Waals surface area (Å²) in [6.07, 6.45) is 0. The lowest BCUT2D eigenvalue weighted by Gasteiger charge is -2.12. The summed E-state index contributed by atoms with van der Waals surface area (Å²) in [5.74, 6) is 0.141. The first-order valence-corrected chi connectivity index (χ1v) is 13.7. The number of hydrogen-bond acceptors (Lipinski definition) is 6. The van der Waals surface area contributed by atoms with Gasteiger partial charge in [-0.1, -0.05) is 36.0 Å². The van der Waals surface area contributed by atoms with E-state index < -0.39 is 10.0 Å². The lowest BCUT2D eigenvalue weighted by atomic mass is 10.2. The highest BCUT2D eigenvalue weighted by Crippen LogP contribution is 2.27. The third-order valence-corrected chi connectivity index (χ3v) is 8.53. The van der Waals surface area contributed by atoms with Crippen LogP contribution in [-0.4, -0.2) is 57.6 Å². The van der Waals surface area contributed by atoms with Crippen molar-refractivity contribution in [2.24, 2.45) is 0 Å². The van der Waals surface area contributed by atoms with Crippen molar-refractivity contribution in [3.05, 3.63) is 84.2 Å². The Labute approximate surface area is 217 Å². The molecule has 2 aromatic heterocycles. The number of anilines is 1. The molecule has 0 bridgehead atoms. The minimum atomic E-state index is -3.54. The normalized spacial score (nSPS) is 12.0. The number of imidazole rings is 1. The van der Waals surface area contributed by atoms with Crippen LogP contribution in [-0.2, 0) is 21.4 Å². The van der Waals surface area contributed by atoms with Gasteiger partial charge < -0.3 is 9.88 Å². The number of carbonyl (C=O) groups is 1. The van der Waals surface area contributed by atoms with Crippen LogP contribution < -0.4 is 5.32 Å². The van der Waals surface area contributed by atoms with Crippen molar-refractivity contribution in [3.63, 3.8) is 0 Å². The van der Waals surface area contributed by atoms with E-state index in [1.54, 1.807) is 24.3 Å². The van der Waals surface area contributed by atoms with Gasteiger partial charge in [-0.2, -0.15) is 0 Å². The molecule has 0 aliphatic carbocycles. The molecular weight excluding hydrogens is 515 g/mol. The fourth-order valence-corrected chi connectivity index (χ4v) is 5.55. The van der Waals surface area contributed by atoms with Crippen LogP contribution in [0.15, 0.2) is 82.8 Å². The fraction of sp³-hybridized carbons (Fsp3) is 0.160. The van der Waals surface area contributed by atoms with Gasteiger partial charge in [-0.15, -0.1) is 10.2 Å². The van der Waals surface area contributed by atoms with Gasteiger partial charge >= 0.3 is 0 Å². The molecule has 2 heterocycles. The molecule has 0 aliphatic rings. The minimum Gasteiger partial charge on any atom is -0.325 e. The molecule has 190 valence electrons. The number of sulfonamides is 1. The zero-order chi connectivity index (χ0) is 26.2. The molecule has 3 aromatic carbocycles. The number of thioether (sulfide) groups is 1. The number of para-hydroxylation sites is 2. The van der Waals surface area contributed by atoms with Gasteiger partial charge in [0.1, 0.15) is 5.82 Å². The first kappa shape index (κ1) is 24.9. The summed E-state index contributed by atoms with van der Waals surface area (Å²) in [4.78, 5) is 12.8. The lowest BCUT2D eigenvalue weighted by Crippen LogP contribution is -2.22. The highest BCUT2D eigenvalue weighted by Gasteiger charge is 2.19. The Hall–Kier alpha value is -3.74. The van der Waals surface area contributed by atoms with Crippen LogP contribution >= 0.6 is 11.8 Å². The van der Waals surface area contributed by atoms with Crippen LogP contribution in [0.25, 0.3) is 16.8 Å². The van der Waals surface area contributed by atoms with Crippen molar-refractivity contribution >= 4 is 50.2 Å². The summed E-state index contributed by atoms with van der Waals surface area (Å²) in [6, 6.07) is 20.1. The van der Waals surface area contributed by atoms with E-state index in [9.17, 15) is 17.6 Å². The third kappa shape index (κ3) is 4.95. The number of carbonyl (C=O) groups excluding carboxylic acids is 1. The van der Waals surface area contributed by atoms with E-state index in [-0.39, 0.29) is 22.4 Å². The van der Waals surface area contributed by atoms with E-state index >= 15 is 0 Å². The Bertz CT molecular complexity index is 1690. The van der Waals surface area contributed by atoms with Crippen molar-refractivity contribution in [2.75, 3.05) is 25.2 Å². The molecule has 0 aliphatic heterocycles. The second-order valence-corrected chi connectivity index (χ2v) is 11.6. The van der Waals surface area contributed by atoms with E-state index in [4.69, 9.17) is 0 Å². The molecule has 0 fully saturated rings. The predicted molar refractivity (Wildman–Crippen MR) is 141 cm³/mol. The lowest BCUT2D eigenvalue weighted by molar-refractivity contribution is -0.113. The van der Waals surface area contributed by atoms with Crippen LogP contribution in [0.5, 0.6) is 0 Å². The maximum Gasteiger partial charge on any atom is 0.242 e. The maximum atomic E-state index is 13.4. The highest BCUT2D eigenvalue weighted by atomic mass is 32.2. The summed E-state index contributed by atoms with van der Waals surface area (Å²) >= 11 is 1.24. The summed E-state index contributed by atoms with van der Waals surface area (Å²) in [7, 11) is -0.616. The Morgan fingerprint density at radius 1 is 0.973 bits per heavy atom. The van der Waals surface area contributed by atoms with Crippen LogP contribution in [0.3, 0.4) is 0 Å². The first-order chi connectivity index (χ1) is 17.7. The SMILES string of the molecule is CN(C)S(=O)(=O)c1ccc(NC(=O)CSc2nnc3n(Cc4ccc(F)cc4)c4ccccc4n23)cc1. The van der Waals surface area contributed by atoms with Crippen molar-refractivity contribution in [3.8, 4) is 0 Å². The van der Waals surface area contributed by atoms with Crippen molar-refractivity contribution < 1.29 is 17.6 Å². The molecule has 12 heteroatoms. The minimum absolute atomic E-state index is 0.0794. The van der Waals surface area contributed by atoms with E-state index in [0.717, 1.165) is 20.9 Å². The molecule has 1 amide bonds. The van der Waals surface area contributed by atoms with Gasteiger partial charge in [-0.25, -0.2) is 17.1 Å². The molecule has 9 nitrogen and oxygen atoms in total. The zero-order valence-electron chi connectivity index (χ0n) is 20.0. The Morgan fingerprint density at radius 3 is 2.32 bits per heavy atom. The van der Waals surface area contributed by atoms with E-state index in [1.807, 2.05) is 33.2 Å². The molecule has 0 spiro atoms. The van der Waals surface area contributed by atoms with Gasteiger partial charge in [0.25, 0.3) is 0 Å². The molecule has 5 aromatic rings. The summed E-state index contributed by atoms with van der Waals surface area (Å²) < 4.78 is 42.8. The number of amides is 1. The van der Waals surface area contributed by atoms with Crippen LogP contribution in [0, 0.1) is 5.82 Å². The van der Waals surface area contributed by atoms with Gasteiger partial charge in [0.15, 0.2) is 5.16 Å². The Kier molecular flexibility index (Phi) is 6.71. The average molecular weight is 539 g/mol. The quantitative estimate of drug-likeness (QED) is 0.301. The predicted octanol–water partition coefficient (Wildman–Crippen LogP) is 3.85. The number of nitrogens with one attached hydrogen (secondary N) is 1. The van der Waals surface area contributed by atoms with Gasteiger partial charge in [-0.05, 0) is 54.1 Å². The van der Waals surface area contributed by atoms with Crippen LogP contribution in [0.4, 0.5) is 10.1 Å². The number of benzene rings is 3. The van der Waals surface area contributed by atoms with Gasteiger partial charge in [0.05, 0.1) is 28.2 Å². The number of aromatic nitrogens is 4. The van der Waals surface area contributed by atoms with E-state index in [1.165, 1.54) is 50.1 Å². The highest BCUT2D eigenvalue weighted by molar-refractivity contribution is 7.99. The molecule has 37 heavy (non-hydrogen) atoms. The number of nitrogens with zero attached hydrogens (tertiary/aromatic N) is 5. The largest absolute Gasteiger partial charge is 0.325 e. The molecule has 0 atom stereocenters. The van der Waals surface area contributed by atoms with Crippen molar-refractivity contribution in [1.82, 2.24) is 23.5 Å². The topological polar surface area (TPSA) is 102 Å². The maximum absolute atomic E-state index is 13.4. The van der Waals surface area contributed by atoms with Gasteiger partial charge in [0.2, 0.25) is 21.7 Å². The summed E-state index contributed by atoms with van der Waals surface area (Å²) in [5, 5.41) is 12.0. The number of hydrogen-bond donors (Lipinski definition) is 1. The van der Waals surface area contributed by atoms with E-state index in [2.05, 4.69) is 15.5 Å². The molecule has 0 saturated carbocycles. The second kappa shape index (κ2) is 9.96. The smallest absolute Gasteiger partial charge is 0.242 e. The molecule has 0 unspecified atom stereocenters. The fourth-order valence-electron chi connectivity index (χ4n) is 3.91. The molecule has 0 radical (unpaired) electrons. The Balaban J connectivity index is 1.34. The monoisotopic (exact) mass is 538 g/mol. The standard InChI is InChI=1S/C25H23FN6O3S2/c1-30(2)37(34,35)20-13-11-19(12-14-20)27-23(33)16-36-25-29-28-24-31(15-17-7-9-18(26)10-8-17)21-5-3-4-6-22(21)32(24)25/h3-14H,15-16H2,1-2H3,(H,27,33). The van der Waals surface area contributed by atoms with Crippen molar-refractivity contribution in [1.29, 1.82) is 0 Å². The molecule has 5 rings (SSSR count). The van der Waals surface area contributed by atoms with E-state index in [0.29, 0.717) is 23.2 Å². The third-order valence-electron chi connectivity index (χ3n) is 5.77.